The second kappa shape index (κ2) is 6.41. The number of nitrogens with zero attached hydrogens (tertiary/aromatic N) is 3. The van der Waals surface area contributed by atoms with Gasteiger partial charge < -0.3 is 4.74 Å². The van der Waals surface area contributed by atoms with Crippen molar-refractivity contribution in [2.45, 2.75) is 0 Å². The molecule has 6 heteroatoms. The smallest absolute Gasteiger partial charge is 0.127 e. The van der Waals surface area contributed by atoms with Crippen LogP contribution in [-0.4, -0.2) is 28.7 Å². The highest BCUT2D eigenvalue weighted by molar-refractivity contribution is 6.30. The van der Waals surface area contributed by atoms with Crippen molar-refractivity contribution in [2.75, 3.05) is 7.05 Å². The van der Waals surface area contributed by atoms with Gasteiger partial charge in [-0.1, -0.05) is 16.8 Å². The van der Waals surface area contributed by atoms with Crippen LogP contribution in [0.4, 0.5) is 0 Å². The number of H-pyrrole nitrogens is 1. The minimum atomic E-state index is 0.679. The minimum Gasteiger partial charge on any atom is -0.457 e. The Hall–Kier alpha value is -2.66. The van der Waals surface area contributed by atoms with Crippen molar-refractivity contribution in [2.24, 2.45) is 4.99 Å². The lowest BCUT2D eigenvalue weighted by Gasteiger charge is -2.06. The third-order valence-electron chi connectivity index (χ3n) is 3.01. The van der Waals surface area contributed by atoms with Crippen LogP contribution in [0.5, 0.6) is 11.5 Å². The zero-order valence-corrected chi connectivity index (χ0v) is 12.6. The molecular formula is C16H13ClN4O. The Balaban J connectivity index is 1.80. The number of rotatable bonds is 4. The highest BCUT2D eigenvalue weighted by Crippen LogP contribution is 2.26. The van der Waals surface area contributed by atoms with Gasteiger partial charge in [-0.25, -0.2) is 0 Å². The van der Waals surface area contributed by atoms with E-state index in [-0.39, 0.29) is 0 Å². The van der Waals surface area contributed by atoms with Crippen LogP contribution in [0, 0.1) is 0 Å². The Morgan fingerprint density at radius 3 is 2.32 bits per heavy atom. The molecule has 0 aliphatic heterocycles. The van der Waals surface area contributed by atoms with Crippen LogP contribution in [0.25, 0.3) is 11.3 Å². The maximum atomic E-state index is 5.85. The van der Waals surface area contributed by atoms with E-state index in [2.05, 4.69) is 20.4 Å². The predicted molar refractivity (Wildman–Crippen MR) is 86.9 cm³/mol. The molecule has 0 bridgehead atoms. The molecule has 2 aromatic carbocycles. The summed E-state index contributed by atoms with van der Waals surface area (Å²) in [6.07, 6.45) is 1.69. The molecule has 0 radical (unpaired) electrons. The van der Waals surface area contributed by atoms with Gasteiger partial charge >= 0.3 is 0 Å². The Morgan fingerprint density at radius 1 is 1.05 bits per heavy atom. The van der Waals surface area contributed by atoms with E-state index in [4.69, 9.17) is 16.3 Å². The fourth-order valence-electron chi connectivity index (χ4n) is 1.99. The van der Waals surface area contributed by atoms with Gasteiger partial charge in [0.05, 0.1) is 0 Å². The first-order valence-electron chi connectivity index (χ1n) is 6.63. The van der Waals surface area contributed by atoms with Crippen molar-refractivity contribution in [1.82, 2.24) is 15.4 Å². The molecule has 3 rings (SSSR count). The normalized spacial score (nSPS) is 11.0. The molecule has 3 aromatic rings. The second-order valence-corrected chi connectivity index (χ2v) is 4.98. The van der Waals surface area contributed by atoms with E-state index >= 15 is 0 Å². The maximum absolute atomic E-state index is 5.85. The van der Waals surface area contributed by atoms with Crippen molar-refractivity contribution in [1.29, 1.82) is 0 Å². The SMILES string of the molecule is C/N=C/c1[nH]nnc1-c1ccc(Oc2ccc(Cl)cc2)cc1. The van der Waals surface area contributed by atoms with Gasteiger partial charge in [0, 0.05) is 23.8 Å². The van der Waals surface area contributed by atoms with Gasteiger partial charge in [0.1, 0.15) is 22.9 Å². The average molecular weight is 313 g/mol. The quantitative estimate of drug-likeness (QED) is 0.741. The Kier molecular flexibility index (Phi) is 4.16. The number of ether oxygens (including phenoxy) is 1. The first-order valence-corrected chi connectivity index (χ1v) is 7.01. The second-order valence-electron chi connectivity index (χ2n) is 4.54. The summed E-state index contributed by atoms with van der Waals surface area (Å²) in [5, 5.41) is 11.4. The van der Waals surface area contributed by atoms with Gasteiger partial charge in [-0.2, -0.15) is 0 Å². The van der Waals surface area contributed by atoms with Crippen LogP contribution in [0.3, 0.4) is 0 Å². The van der Waals surface area contributed by atoms with Gasteiger partial charge in [0.15, 0.2) is 0 Å². The molecule has 5 nitrogen and oxygen atoms in total. The zero-order chi connectivity index (χ0) is 15.4. The molecule has 0 atom stereocenters. The first-order chi connectivity index (χ1) is 10.8. The average Bonchev–Trinajstić information content (AvgIpc) is 2.99. The molecular weight excluding hydrogens is 300 g/mol. The molecule has 0 aliphatic rings. The Morgan fingerprint density at radius 2 is 1.68 bits per heavy atom. The van der Waals surface area contributed by atoms with Crippen LogP contribution < -0.4 is 4.74 Å². The molecule has 1 N–H and O–H groups in total. The number of aromatic amines is 1. The molecule has 1 heterocycles. The van der Waals surface area contributed by atoms with Crippen LogP contribution in [0.15, 0.2) is 53.5 Å². The minimum absolute atomic E-state index is 0.679. The molecule has 1 aromatic heterocycles. The summed E-state index contributed by atoms with van der Waals surface area (Å²) in [5.74, 6) is 1.47. The first kappa shape index (κ1) is 14.3. The number of benzene rings is 2. The lowest BCUT2D eigenvalue weighted by atomic mass is 10.1. The van der Waals surface area contributed by atoms with Gasteiger partial charge in [-0.3, -0.25) is 10.1 Å². The molecule has 110 valence electrons. The van der Waals surface area contributed by atoms with Crippen LogP contribution >= 0.6 is 11.6 Å². The van der Waals surface area contributed by atoms with Crippen molar-refractivity contribution in [3.63, 3.8) is 0 Å². The van der Waals surface area contributed by atoms with E-state index in [1.165, 1.54) is 0 Å². The molecule has 0 saturated heterocycles. The maximum Gasteiger partial charge on any atom is 0.127 e. The predicted octanol–water partition coefficient (Wildman–Crippen LogP) is 3.97. The highest BCUT2D eigenvalue weighted by Gasteiger charge is 2.08. The molecule has 0 fully saturated rings. The number of aromatic nitrogens is 3. The molecule has 0 unspecified atom stereocenters. The molecule has 0 saturated carbocycles. The summed E-state index contributed by atoms with van der Waals surface area (Å²) in [5.41, 5.74) is 2.46. The standard InChI is InChI=1S/C16H13ClN4O/c1-18-10-15-16(20-21-19-15)11-2-6-13(7-3-11)22-14-8-4-12(17)5-9-14/h2-10H,1H3,(H,19,20,21)/b18-10+. The number of nitrogens with one attached hydrogen (secondary N) is 1. The van der Waals surface area contributed by atoms with Crippen molar-refractivity contribution in [3.05, 3.63) is 59.2 Å². The van der Waals surface area contributed by atoms with Gasteiger partial charge in [0.2, 0.25) is 0 Å². The topological polar surface area (TPSA) is 63.2 Å². The Labute approximate surface area is 132 Å². The third kappa shape index (κ3) is 3.15. The van der Waals surface area contributed by atoms with Crippen molar-refractivity contribution < 1.29 is 4.74 Å². The fraction of sp³-hybridized carbons (Fsp3) is 0.0625. The number of aliphatic imine (C=N–C) groups is 1. The summed E-state index contributed by atoms with van der Waals surface area (Å²) in [6.45, 7) is 0. The summed E-state index contributed by atoms with van der Waals surface area (Å²) in [6, 6.07) is 14.8. The summed E-state index contributed by atoms with van der Waals surface area (Å²) < 4.78 is 5.75. The lowest BCUT2D eigenvalue weighted by molar-refractivity contribution is 0.483. The van der Waals surface area contributed by atoms with Crippen LogP contribution in [-0.2, 0) is 0 Å². The van der Waals surface area contributed by atoms with E-state index < -0.39 is 0 Å². The number of hydrogen-bond donors (Lipinski definition) is 1. The highest BCUT2D eigenvalue weighted by atomic mass is 35.5. The van der Waals surface area contributed by atoms with Crippen LogP contribution in [0.1, 0.15) is 5.69 Å². The monoisotopic (exact) mass is 312 g/mol. The van der Waals surface area contributed by atoms with Gasteiger partial charge in [-0.15, -0.1) is 5.10 Å². The molecule has 0 aliphatic carbocycles. The number of hydrogen-bond acceptors (Lipinski definition) is 4. The molecule has 0 amide bonds. The van der Waals surface area contributed by atoms with E-state index in [1.807, 2.05) is 36.4 Å². The van der Waals surface area contributed by atoms with E-state index in [0.29, 0.717) is 5.02 Å². The third-order valence-corrected chi connectivity index (χ3v) is 3.26. The largest absolute Gasteiger partial charge is 0.457 e. The van der Waals surface area contributed by atoms with E-state index in [0.717, 1.165) is 28.5 Å². The lowest BCUT2D eigenvalue weighted by Crippen LogP contribution is -1.88. The number of halogens is 1. The van der Waals surface area contributed by atoms with E-state index in [9.17, 15) is 0 Å². The summed E-state index contributed by atoms with van der Waals surface area (Å²) >= 11 is 5.85. The molecule has 22 heavy (non-hydrogen) atoms. The van der Waals surface area contributed by atoms with Gasteiger partial charge in [-0.05, 0) is 48.5 Å². The summed E-state index contributed by atoms with van der Waals surface area (Å²) in [7, 11) is 1.70. The fourth-order valence-corrected chi connectivity index (χ4v) is 2.11. The van der Waals surface area contributed by atoms with Gasteiger partial charge in [0.25, 0.3) is 0 Å². The summed E-state index contributed by atoms with van der Waals surface area (Å²) in [4.78, 5) is 3.97. The Bertz CT molecular complexity index is 779. The van der Waals surface area contributed by atoms with Crippen molar-refractivity contribution >= 4 is 17.8 Å². The van der Waals surface area contributed by atoms with E-state index in [1.54, 1.807) is 25.4 Å². The van der Waals surface area contributed by atoms with Crippen LogP contribution in [0.2, 0.25) is 5.02 Å². The zero-order valence-electron chi connectivity index (χ0n) is 11.8. The molecule has 0 spiro atoms. The van der Waals surface area contributed by atoms with Crippen molar-refractivity contribution in [3.8, 4) is 22.8 Å².